The van der Waals surface area contributed by atoms with E-state index in [1.54, 1.807) is 34.6 Å². The predicted molar refractivity (Wildman–Crippen MR) is 196 cm³/mol. The van der Waals surface area contributed by atoms with E-state index in [9.17, 15) is 28.8 Å². The first-order valence-corrected chi connectivity index (χ1v) is 19.5. The standard InChI is InChI=1S/C42H48N2O14/c1-20(2)35(49)54-31-27-16-39(7,57-23(5)46)28(27)32-40(8)38(56-37(51)26-12-10-14-44-18-26)42(58-24(6)47)15-21(3)30(53-22(4)45)29(42)34(41(32,19-52-40)33(31)48)55-36(50)25-11-9-13-43-17-25/h9-14,17-18,20-21,27-32,34,38H,15-16,19H2,1-8H3. The summed E-state index contributed by atoms with van der Waals surface area (Å²) in [4.78, 5) is 105. The minimum absolute atomic E-state index is 0.00594. The molecule has 4 saturated carbocycles. The Morgan fingerprint density at radius 3 is 1.93 bits per heavy atom. The Hall–Kier alpha value is -5.25. The van der Waals surface area contributed by atoms with E-state index in [0.717, 1.165) is 6.92 Å². The van der Waals surface area contributed by atoms with Crippen LogP contribution < -0.4 is 0 Å². The molecule has 0 amide bonds. The minimum atomic E-state index is -2.00. The van der Waals surface area contributed by atoms with Crippen LogP contribution in [0.3, 0.4) is 0 Å². The van der Waals surface area contributed by atoms with Gasteiger partial charge in [0.15, 0.2) is 23.6 Å². The lowest BCUT2D eigenvalue weighted by Gasteiger charge is -2.64. The lowest BCUT2D eigenvalue weighted by molar-refractivity contribution is -0.258. The normalized spacial score (nSPS) is 38.1. The third-order valence-corrected chi connectivity index (χ3v) is 13.0. The maximum atomic E-state index is 15.8. The molecule has 4 aliphatic carbocycles. The van der Waals surface area contributed by atoms with E-state index in [1.165, 1.54) is 62.9 Å². The summed E-state index contributed by atoms with van der Waals surface area (Å²) in [5, 5.41) is 0. The number of carbonyl (C=O) groups excluding carboxylic acids is 7. The molecule has 0 spiro atoms. The fourth-order valence-corrected chi connectivity index (χ4v) is 11.2. The number of ketones is 1. The van der Waals surface area contributed by atoms with Gasteiger partial charge in [0.1, 0.15) is 23.4 Å². The molecule has 1 saturated heterocycles. The summed E-state index contributed by atoms with van der Waals surface area (Å²) in [6, 6.07) is 6.01. The van der Waals surface area contributed by atoms with Crippen LogP contribution in [-0.2, 0) is 57.1 Å². The third-order valence-electron chi connectivity index (χ3n) is 13.0. The van der Waals surface area contributed by atoms with Crippen molar-refractivity contribution in [3.63, 3.8) is 0 Å². The zero-order valence-electron chi connectivity index (χ0n) is 33.6. The Bertz CT molecular complexity index is 2030. The number of pyridine rings is 2. The molecule has 13 unspecified atom stereocenters. The molecule has 0 aromatic carbocycles. The number of aromatic nitrogens is 2. The number of ether oxygens (including phenoxy) is 7. The van der Waals surface area contributed by atoms with Gasteiger partial charge in [0.2, 0.25) is 0 Å². The van der Waals surface area contributed by atoms with Gasteiger partial charge >= 0.3 is 35.8 Å². The molecule has 5 fully saturated rings. The Morgan fingerprint density at radius 1 is 0.793 bits per heavy atom. The first kappa shape index (κ1) is 40.9. The van der Waals surface area contributed by atoms with Crippen molar-refractivity contribution in [2.24, 2.45) is 40.9 Å². The number of nitrogens with zero attached hydrogens (tertiary/aromatic N) is 2. The summed E-state index contributed by atoms with van der Waals surface area (Å²) in [5.74, 6) is -10.7. The van der Waals surface area contributed by atoms with E-state index in [-0.39, 0.29) is 24.0 Å². The van der Waals surface area contributed by atoms with Gasteiger partial charge in [0.05, 0.1) is 35.0 Å². The van der Waals surface area contributed by atoms with Crippen molar-refractivity contribution >= 4 is 41.6 Å². The van der Waals surface area contributed by atoms with Gasteiger partial charge in [-0.1, -0.05) is 20.8 Å². The molecule has 1 aliphatic heterocycles. The summed E-state index contributed by atoms with van der Waals surface area (Å²) in [5.41, 5.74) is -7.01. The highest BCUT2D eigenvalue weighted by Gasteiger charge is 2.87. The summed E-state index contributed by atoms with van der Waals surface area (Å²) in [6.45, 7) is 11.5. The van der Waals surface area contributed by atoms with Crippen LogP contribution in [0, 0.1) is 40.9 Å². The molecule has 0 radical (unpaired) electrons. The Balaban J connectivity index is 1.56. The molecular weight excluding hydrogens is 756 g/mol. The molecule has 2 bridgehead atoms. The van der Waals surface area contributed by atoms with Gasteiger partial charge in [-0.25, -0.2) is 9.59 Å². The maximum Gasteiger partial charge on any atom is 0.340 e. The highest BCUT2D eigenvalue weighted by Crippen LogP contribution is 2.73. The topological polar surface area (TPSA) is 210 Å². The van der Waals surface area contributed by atoms with Gasteiger partial charge in [-0.05, 0) is 56.9 Å². The number of carbonyl (C=O) groups is 7. The molecule has 58 heavy (non-hydrogen) atoms. The summed E-state index contributed by atoms with van der Waals surface area (Å²) < 4.78 is 44.5. The summed E-state index contributed by atoms with van der Waals surface area (Å²) in [6.07, 6.45) is -0.391. The maximum absolute atomic E-state index is 15.8. The van der Waals surface area contributed by atoms with E-state index in [1.807, 2.05) is 0 Å². The van der Waals surface area contributed by atoms with Gasteiger partial charge in [-0.3, -0.25) is 33.9 Å². The number of rotatable bonds is 9. The van der Waals surface area contributed by atoms with Crippen molar-refractivity contribution < 1.29 is 66.7 Å². The van der Waals surface area contributed by atoms with Gasteiger partial charge < -0.3 is 33.2 Å². The lowest BCUT2D eigenvalue weighted by atomic mass is 9.42. The van der Waals surface area contributed by atoms with Crippen molar-refractivity contribution in [2.45, 2.75) is 109 Å². The molecule has 16 nitrogen and oxygen atoms in total. The monoisotopic (exact) mass is 804 g/mol. The fraction of sp³-hybridized carbons (Fsp3) is 0.595. The molecule has 3 heterocycles. The van der Waals surface area contributed by atoms with Crippen molar-refractivity contribution in [1.82, 2.24) is 9.97 Å². The minimum Gasteiger partial charge on any atom is -0.462 e. The molecule has 13 atom stereocenters. The van der Waals surface area contributed by atoms with E-state index in [0.29, 0.717) is 0 Å². The van der Waals surface area contributed by atoms with Crippen LogP contribution >= 0.6 is 0 Å². The lowest BCUT2D eigenvalue weighted by Crippen LogP contribution is -2.75. The van der Waals surface area contributed by atoms with E-state index in [4.69, 9.17) is 33.2 Å². The number of Topliss-reactive ketones (excluding diaryl/α,β-unsaturated/α-hetero) is 1. The highest BCUT2D eigenvalue weighted by atomic mass is 16.6. The SMILES string of the molecule is CC(=O)OC1C(C)CC2(OC(C)=O)C1C(OC(=O)c1cccnc1)C13COC(C)(C2OC(=O)c2cccnc2)C1C1C(CC1(C)OC(C)=O)C(OC(=O)C(C)C)C3=O. The molecule has 2 aromatic heterocycles. The predicted octanol–water partition coefficient (Wildman–Crippen LogP) is 3.63. The van der Waals surface area contributed by atoms with Crippen molar-refractivity contribution in [3.8, 4) is 0 Å². The van der Waals surface area contributed by atoms with Crippen molar-refractivity contribution in [1.29, 1.82) is 0 Å². The second kappa shape index (κ2) is 14.5. The molecule has 2 aromatic rings. The number of fused-ring (bicyclic) bond motifs is 2. The average molecular weight is 805 g/mol. The molecule has 0 N–H and O–H groups in total. The summed E-state index contributed by atoms with van der Waals surface area (Å²) in [7, 11) is 0. The van der Waals surface area contributed by atoms with Crippen LogP contribution in [0.25, 0.3) is 0 Å². The van der Waals surface area contributed by atoms with Crippen LogP contribution in [-0.4, -0.2) is 99.4 Å². The first-order chi connectivity index (χ1) is 27.3. The zero-order valence-corrected chi connectivity index (χ0v) is 33.6. The Labute approximate surface area is 335 Å². The summed E-state index contributed by atoms with van der Waals surface area (Å²) >= 11 is 0. The fourth-order valence-electron chi connectivity index (χ4n) is 11.2. The number of hydrogen-bond acceptors (Lipinski definition) is 16. The largest absolute Gasteiger partial charge is 0.462 e. The van der Waals surface area contributed by atoms with E-state index in [2.05, 4.69) is 9.97 Å². The molecule has 5 aliphatic rings. The van der Waals surface area contributed by atoms with Gasteiger partial charge in [-0.2, -0.15) is 0 Å². The first-order valence-electron chi connectivity index (χ1n) is 19.5. The molecular formula is C42H48N2O14. The third kappa shape index (κ3) is 6.25. The van der Waals surface area contributed by atoms with E-state index >= 15 is 4.79 Å². The van der Waals surface area contributed by atoms with Crippen LogP contribution in [0.1, 0.15) is 88.9 Å². The zero-order chi connectivity index (χ0) is 42.1. The van der Waals surface area contributed by atoms with Gasteiger partial charge in [-0.15, -0.1) is 0 Å². The molecule has 310 valence electrons. The number of hydrogen-bond donors (Lipinski definition) is 0. The van der Waals surface area contributed by atoms with Crippen molar-refractivity contribution in [2.75, 3.05) is 6.61 Å². The quantitative estimate of drug-likeness (QED) is 0.262. The average Bonchev–Trinajstić information content (AvgIpc) is 3.58. The van der Waals surface area contributed by atoms with Crippen LogP contribution in [0.4, 0.5) is 0 Å². The number of esters is 6. The molecule has 7 rings (SSSR count). The van der Waals surface area contributed by atoms with Crippen LogP contribution in [0.15, 0.2) is 49.1 Å². The van der Waals surface area contributed by atoms with Crippen molar-refractivity contribution in [3.05, 3.63) is 60.2 Å². The Morgan fingerprint density at radius 2 is 1.40 bits per heavy atom. The van der Waals surface area contributed by atoms with Crippen LogP contribution in [0.2, 0.25) is 0 Å². The Kier molecular flexibility index (Phi) is 10.3. The smallest absolute Gasteiger partial charge is 0.340 e. The van der Waals surface area contributed by atoms with Crippen LogP contribution in [0.5, 0.6) is 0 Å². The van der Waals surface area contributed by atoms with Gasteiger partial charge in [0, 0.05) is 63.3 Å². The second-order valence-corrected chi connectivity index (χ2v) is 17.1. The van der Waals surface area contributed by atoms with E-state index < -0.39 is 130 Å². The highest BCUT2D eigenvalue weighted by molar-refractivity contribution is 5.96. The van der Waals surface area contributed by atoms with Gasteiger partial charge in [0.25, 0.3) is 0 Å². The second-order valence-electron chi connectivity index (χ2n) is 17.1. The molecule has 16 heteroatoms.